The molecule has 3 heteroatoms. The molecule has 0 aromatic heterocycles. The average molecular weight is 288 g/mol. The van der Waals surface area contributed by atoms with Gasteiger partial charge in [-0.25, -0.2) is 0 Å². The van der Waals surface area contributed by atoms with E-state index in [-0.39, 0.29) is 11.9 Å². The van der Waals surface area contributed by atoms with Gasteiger partial charge in [-0.05, 0) is 36.3 Å². The van der Waals surface area contributed by atoms with Gasteiger partial charge in [0.1, 0.15) is 0 Å². The molecule has 1 amide bonds. The summed E-state index contributed by atoms with van der Waals surface area (Å²) >= 11 is 0. The first-order chi connectivity index (χ1) is 10.1. The highest BCUT2D eigenvalue weighted by Crippen LogP contribution is 2.22. The Morgan fingerprint density at radius 3 is 2.57 bits per heavy atom. The van der Waals surface area contributed by atoms with Crippen molar-refractivity contribution in [2.24, 2.45) is 11.7 Å². The predicted molar refractivity (Wildman–Crippen MR) is 87.0 cm³/mol. The molecule has 2 rings (SSSR count). The minimum Gasteiger partial charge on any atom is -0.341 e. The maximum absolute atomic E-state index is 12.2. The van der Waals surface area contributed by atoms with E-state index in [0.29, 0.717) is 18.9 Å². The smallest absolute Gasteiger partial charge is 0.222 e. The van der Waals surface area contributed by atoms with Crippen molar-refractivity contribution in [1.29, 1.82) is 0 Å². The molecular formula is C18H28N2O. The van der Waals surface area contributed by atoms with Gasteiger partial charge in [-0.1, -0.05) is 44.5 Å². The van der Waals surface area contributed by atoms with Gasteiger partial charge in [0.15, 0.2) is 0 Å². The Morgan fingerprint density at radius 2 is 1.95 bits per heavy atom. The first kappa shape index (κ1) is 16.0. The summed E-state index contributed by atoms with van der Waals surface area (Å²) in [5.74, 6) is 0.964. The van der Waals surface area contributed by atoms with Crippen molar-refractivity contribution < 1.29 is 4.79 Å². The Hall–Kier alpha value is -1.35. The normalized spacial score (nSPS) is 21.2. The van der Waals surface area contributed by atoms with Crippen LogP contribution in [0.5, 0.6) is 0 Å². The van der Waals surface area contributed by atoms with Crippen LogP contribution in [0.15, 0.2) is 24.3 Å². The summed E-state index contributed by atoms with van der Waals surface area (Å²) in [6.45, 7) is 5.86. The number of rotatable bonds is 5. The molecule has 2 atom stereocenters. The van der Waals surface area contributed by atoms with Crippen molar-refractivity contribution in [2.45, 2.75) is 52.0 Å². The molecule has 1 saturated heterocycles. The molecule has 3 nitrogen and oxygen atoms in total. The number of nitrogens with zero attached hydrogens (tertiary/aromatic N) is 1. The molecular weight excluding hydrogens is 260 g/mol. The van der Waals surface area contributed by atoms with E-state index in [1.54, 1.807) is 0 Å². The zero-order valence-electron chi connectivity index (χ0n) is 13.3. The van der Waals surface area contributed by atoms with Crippen molar-refractivity contribution in [3.05, 3.63) is 35.4 Å². The number of hydrogen-bond acceptors (Lipinski definition) is 2. The second-order valence-corrected chi connectivity index (χ2v) is 6.14. The lowest BCUT2D eigenvalue weighted by Gasteiger charge is -2.25. The maximum atomic E-state index is 12.2. The van der Waals surface area contributed by atoms with Crippen molar-refractivity contribution >= 4 is 5.91 Å². The molecule has 0 aliphatic carbocycles. The van der Waals surface area contributed by atoms with Gasteiger partial charge in [-0.3, -0.25) is 4.79 Å². The number of amides is 1. The van der Waals surface area contributed by atoms with Crippen LogP contribution in [0, 0.1) is 5.92 Å². The number of hydrogen-bond donors (Lipinski definition) is 1. The van der Waals surface area contributed by atoms with E-state index in [9.17, 15) is 4.79 Å². The molecule has 116 valence electrons. The lowest BCUT2D eigenvalue weighted by Crippen LogP contribution is -2.36. The fourth-order valence-corrected chi connectivity index (χ4v) is 3.04. The van der Waals surface area contributed by atoms with E-state index in [2.05, 4.69) is 38.1 Å². The Balaban J connectivity index is 1.97. The maximum Gasteiger partial charge on any atom is 0.222 e. The quantitative estimate of drug-likeness (QED) is 0.903. The van der Waals surface area contributed by atoms with Crippen molar-refractivity contribution in [3.63, 3.8) is 0 Å². The van der Waals surface area contributed by atoms with Gasteiger partial charge in [-0.15, -0.1) is 0 Å². The third kappa shape index (κ3) is 4.31. The second-order valence-electron chi connectivity index (χ2n) is 6.14. The van der Waals surface area contributed by atoms with Crippen LogP contribution in [0.1, 0.15) is 56.7 Å². The molecule has 1 fully saturated rings. The third-order valence-corrected chi connectivity index (χ3v) is 4.74. The van der Waals surface area contributed by atoms with Gasteiger partial charge in [0.25, 0.3) is 0 Å². The van der Waals surface area contributed by atoms with E-state index in [1.807, 2.05) is 4.90 Å². The van der Waals surface area contributed by atoms with Crippen molar-refractivity contribution in [1.82, 2.24) is 4.90 Å². The van der Waals surface area contributed by atoms with Gasteiger partial charge in [-0.2, -0.15) is 0 Å². The first-order valence-electron chi connectivity index (χ1n) is 8.26. The van der Waals surface area contributed by atoms with Crippen LogP contribution in [0.25, 0.3) is 0 Å². The fraction of sp³-hybridized carbons (Fsp3) is 0.611. The van der Waals surface area contributed by atoms with E-state index < -0.39 is 0 Å². The third-order valence-electron chi connectivity index (χ3n) is 4.74. The first-order valence-corrected chi connectivity index (χ1v) is 8.26. The number of benzene rings is 1. The highest BCUT2D eigenvalue weighted by molar-refractivity contribution is 5.76. The minimum absolute atomic E-state index is 0.0852. The highest BCUT2D eigenvalue weighted by Gasteiger charge is 2.23. The lowest BCUT2D eigenvalue weighted by atomic mass is 9.98. The number of aryl methyl sites for hydroxylation is 1. The second kappa shape index (κ2) is 7.60. The molecule has 1 aliphatic heterocycles. The summed E-state index contributed by atoms with van der Waals surface area (Å²) in [4.78, 5) is 14.2. The van der Waals surface area contributed by atoms with Crippen LogP contribution in [0.3, 0.4) is 0 Å². The van der Waals surface area contributed by atoms with Gasteiger partial charge >= 0.3 is 0 Å². The van der Waals surface area contributed by atoms with Crippen molar-refractivity contribution in [3.8, 4) is 0 Å². The average Bonchev–Trinajstić information content (AvgIpc) is 2.70. The molecule has 2 unspecified atom stereocenters. The summed E-state index contributed by atoms with van der Waals surface area (Å²) in [5.41, 5.74) is 8.75. The largest absolute Gasteiger partial charge is 0.341 e. The Bertz CT molecular complexity index is 455. The van der Waals surface area contributed by atoms with E-state index in [4.69, 9.17) is 5.73 Å². The monoisotopic (exact) mass is 288 g/mol. The van der Waals surface area contributed by atoms with Gasteiger partial charge in [0.2, 0.25) is 5.91 Å². The summed E-state index contributed by atoms with van der Waals surface area (Å²) in [5, 5.41) is 0. The SMILES string of the molecule is CCc1ccc(C(N)CN2CCC(CC)CCC2=O)cc1. The Labute approximate surface area is 128 Å². The van der Waals surface area contributed by atoms with E-state index in [0.717, 1.165) is 31.4 Å². The standard InChI is InChI=1S/C18H28N2O/c1-3-14-5-8-16(9-6-14)17(19)13-20-12-11-15(4-2)7-10-18(20)21/h5-6,8-9,15,17H,3-4,7,10-13,19H2,1-2H3. The topological polar surface area (TPSA) is 46.3 Å². The summed E-state index contributed by atoms with van der Waals surface area (Å²) in [6, 6.07) is 8.37. The fourth-order valence-electron chi connectivity index (χ4n) is 3.04. The van der Waals surface area contributed by atoms with Crippen LogP contribution in [-0.2, 0) is 11.2 Å². The van der Waals surface area contributed by atoms with Crippen LogP contribution in [-0.4, -0.2) is 23.9 Å². The number of carbonyl (C=O) groups excluding carboxylic acids is 1. The van der Waals surface area contributed by atoms with Crippen molar-refractivity contribution in [2.75, 3.05) is 13.1 Å². The molecule has 2 N–H and O–H groups in total. The molecule has 0 radical (unpaired) electrons. The van der Waals surface area contributed by atoms with Gasteiger partial charge < -0.3 is 10.6 Å². The summed E-state index contributed by atoms with van der Waals surface area (Å²) < 4.78 is 0. The molecule has 21 heavy (non-hydrogen) atoms. The lowest BCUT2D eigenvalue weighted by molar-refractivity contribution is -0.130. The zero-order valence-corrected chi connectivity index (χ0v) is 13.3. The molecule has 1 aromatic carbocycles. The number of likely N-dealkylation sites (tertiary alicyclic amines) is 1. The van der Waals surface area contributed by atoms with Crippen LogP contribution < -0.4 is 5.73 Å². The minimum atomic E-state index is -0.0852. The van der Waals surface area contributed by atoms with E-state index in [1.165, 1.54) is 12.0 Å². The molecule has 0 saturated carbocycles. The van der Waals surface area contributed by atoms with Crippen LogP contribution in [0.2, 0.25) is 0 Å². The predicted octanol–water partition coefficient (Wildman–Crippen LogP) is 3.29. The highest BCUT2D eigenvalue weighted by atomic mass is 16.2. The molecule has 1 heterocycles. The number of carbonyl (C=O) groups is 1. The molecule has 0 spiro atoms. The molecule has 1 aliphatic rings. The van der Waals surface area contributed by atoms with Crippen LogP contribution >= 0.6 is 0 Å². The van der Waals surface area contributed by atoms with Gasteiger partial charge in [0, 0.05) is 25.6 Å². The zero-order chi connectivity index (χ0) is 15.2. The van der Waals surface area contributed by atoms with Gasteiger partial charge in [0.05, 0.1) is 0 Å². The summed E-state index contributed by atoms with van der Waals surface area (Å²) in [6.07, 6.45) is 5.04. The van der Waals surface area contributed by atoms with E-state index >= 15 is 0 Å². The summed E-state index contributed by atoms with van der Waals surface area (Å²) in [7, 11) is 0. The Morgan fingerprint density at radius 1 is 1.24 bits per heavy atom. The number of nitrogens with two attached hydrogens (primary N) is 1. The van der Waals surface area contributed by atoms with Crippen LogP contribution in [0.4, 0.5) is 0 Å². The Kier molecular flexibility index (Phi) is 5.80. The molecule has 1 aromatic rings. The molecule has 0 bridgehead atoms.